The summed E-state index contributed by atoms with van der Waals surface area (Å²) in [5, 5.41) is 23.7. The van der Waals surface area contributed by atoms with Crippen molar-refractivity contribution in [1.29, 1.82) is 10.5 Å². The van der Waals surface area contributed by atoms with Crippen LogP contribution >= 0.6 is 0 Å². The Morgan fingerprint density at radius 2 is 2.00 bits per heavy atom. The van der Waals surface area contributed by atoms with Crippen LogP contribution in [0.3, 0.4) is 0 Å². The molecule has 1 fully saturated rings. The fourth-order valence-electron chi connectivity index (χ4n) is 1.71. The summed E-state index contributed by atoms with van der Waals surface area (Å²) in [5.41, 5.74) is 1.14. The molecule has 0 aliphatic heterocycles. The van der Waals surface area contributed by atoms with E-state index in [0.717, 1.165) is 0 Å². The van der Waals surface area contributed by atoms with E-state index in [1.54, 1.807) is 6.07 Å². The molecule has 1 aromatic rings. The molecule has 1 aliphatic carbocycles. The minimum absolute atomic E-state index is 0.0956. The summed E-state index contributed by atoms with van der Waals surface area (Å²) in [4.78, 5) is 11.7. The molecule has 0 saturated heterocycles. The minimum Gasteiger partial charge on any atom is -0.326 e. The normalized spacial score (nSPS) is 13.4. The van der Waals surface area contributed by atoms with Crippen molar-refractivity contribution < 1.29 is 4.79 Å². The van der Waals surface area contributed by atoms with E-state index in [-0.39, 0.29) is 11.5 Å². The SMILES string of the molecule is N#Cc1ccc(NC(=O)CCNC2CC2)cc1C#N. The van der Waals surface area contributed by atoms with Crippen LogP contribution in [-0.2, 0) is 4.79 Å². The van der Waals surface area contributed by atoms with Crippen LogP contribution in [-0.4, -0.2) is 18.5 Å². The van der Waals surface area contributed by atoms with Gasteiger partial charge in [0.2, 0.25) is 5.91 Å². The molecule has 5 heteroatoms. The van der Waals surface area contributed by atoms with E-state index >= 15 is 0 Å². The fourth-order valence-corrected chi connectivity index (χ4v) is 1.71. The van der Waals surface area contributed by atoms with Crippen LogP contribution in [0.5, 0.6) is 0 Å². The van der Waals surface area contributed by atoms with Gasteiger partial charge in [-0.05, 0) is 31.0 Å². The quantitative estimate of drug-likeness (QED) is 0.833. The van der Waals surface area contributed by atoms with Crippen molar-refractivity contribution in [3.8, 4) is 12.1 Å². The van der Waals surface area contributed by atoms with E-state index in [1.165, 1.54) is 25.0 Å². The lowest BCUT2D eigenvalue weighted by molar-refractivity contribution is -0.116. The van der Waals surface area contributed by atoms with Crippen LogP contribution in [0.15, 0.2) is 18.2 Å². The maximum absolute atomic E-state index is 11.7. The van der Waals surface area contributed by atoms with E-state index in [0.29, 0.717) is 30.3 Å². The van der Waals surface area contributed by atoms with Gasteiger partial charge in [-0.25, -0.2) is 0 Å². The van der Waals surface area contributed by atoms with Gasteiger partial charge in [-0.1, -0.05) is 0 Å². The molecule has 19 heavy (non-hydrogen) atoms. The second kappa shape index (κ2) is 5.99. The van der Waals surface area contributed by atoms with Gasteiger partial charge in [-0.15, -0.1) is 0 Å². The van der Waals surface area contributed by atoms with Gasteiger partial charge >= 0.3 is 0 Å². The van der Waals surface area contributed by atoms with Gasteiger partial charge in [0.25, 0.3) is 0 Å². The molecule has 2 N–H and O–H groups in total. The van der Waals surface area contributed by atoms with Gasteiger partial charge in [0.05, 0.1) is 11.1 Å². The molecule has 96 valence electrons. The number of nitrogens with one attached hydrogen (secondary N) is 2. The molecule has 1 saturated carbocycles. The first-order valence-corrected chi connectivity index (χ1v) is 6.20. The average molecular weight is 254 g/mol. The highest BCUT2D eigenvalue weighted by Gasteiger charge is 2.20. The van der Waals surface area contributed by atoms with Crippen molar-refractivity contribution in [2.75, 3.05) is 11.9 Å². The maximum Gasteiger partial charge on any atom is 0.225 e. The highest BCUT2D eigenvalue weighted by Crippen LogP contribution is 2.18. The Hall–Kier alpha value is -2.37. The number of amides is 1. The van der Waals surface area contributed by atoms with Crippen molar-refractivity contribution in [1.82, 2.24) is 5.32 Å². The molecular formula is C14H14N4O. The molecule has 0 heterocycles. The van der Waals surface area contributed by atoms with E-state index in [2.05, 4.69) is 10.6 Å². The summed E-state index contributed by atoms with van der Waals surface area (Å²) < 4.78 is 0. The van der Waals surface area contributed by atoms with E-state index in [4.69, 9.17) is 10.5 Å². The topological polar surface area (TPSA) is 88.7 Å². The van der Waals surface area contributed by atoms with Crippen LogP contribution in [0.25, 0.3) is 0 Å². The third kappa shape index (κ3) is 3.80. The van der Waals surface area contributed by atoms with Crippen molar-refractivity contribution in [2.45, 2.75) is 25.3 Å². The summed E-state index contributed by atoms with van der Waals surface area (Å²) in [6, 6.07) is 9.15. The van der Waals surface area contributed by atoms with Gasteiger partial charge in [0.1, 0.15) is 12.1 Å². The summed E-state index contributed by atoms with van der Waals surface area (Å²) in [7, 11) is 0. The summed E-state index contributed by atoms with van der Waals surface area (Å²) >= 11 is 0. The number of hydrogen-bond acceptors (Lipinski definition) is 4. The molecule has 1 amide bonds. The number of hydrogen-bond donors (Lipinski definition) is 2. The number of carbonyl (C=O) groups is 1. The zero-order valence-electron chi connectivity index (χ0n) is 10.4. The van der Waals surface area contributed by atoms with Crippen molar-refractivity contribution in [2.24, 2.45) is 0 Å². The van der Waals surface area contributed by atoms with Crippen LogP contribution in [0.1, 0.15) is 30.4 Å². The number of benzene rings is 1. The highest BCUT2D eigenvalue weighted by molar-refractivity contribution is 5.91. The molecule has 0 atom stereocenters. The number of anilines is 1. The Morgan fingerprint density at radius 3 is 2.63 bits per heavy atom. The number of carbonyl (C=O) groups excluding carboxylic acids is 1. The highest BCUT2D eigenvalue weighted by atomic mass is 16.1. The summed E-state index contributed by atoms with van der Waals surface area (Å²) in [5.74, 6) is -0.0956. The second-order valence-electron chi connectivity index (χ2n) is 4.51. The Balaban J connectivity index is 1.89. The van der Waals surface area contributed by atoms with Gasteiger partial charge in [-0.3, -0.25) is 4.79 Å². The largest absolute Gasteiger partial charge is 0.326 e. The van der Waals surface area contributed by atoms with Crippen LogP contribution in [0, 0.1) is 22.7 Å². The lowest BCUT2D eigenvalue weighted by Crippen LogP contribution is -2.23. The second-order valence-corrected chi connectivity index (χ2v) is 4.51. The summed E-state index contributed by atoms with van der Waals surface area (Å²) in [6.07, 6.45) is 2.80. The fraction of sp³-hybridized carbons (Fsp3) is 0.357. The Bertz CT molecular complexity index is 564. The van der Waals surface area contributed by atoms with Crippen LogP contribution in [0.2, 0.25) is 0 Å². The number of rotatable bonds is 5. The van der Waals surface area contributed by atoms with Crippen LogP contribution in [0.4, 0.5) is 5.69 Å². The zero-order chi connectivity index (χ0) is 13.7. The van der Waals surface area contributed by atoms with E-state index in [9.17, 15) is 4.79 Å². The monoisotopic (exact) mass is 254 g/mol. The maximum atomic E-state index is 11.7. The lowest BCUT2D eigenvalue weighted by Gasteiger charge is -2.06. The molecule has 0 radical (unpaired) electrons. The first-order valence-electron chi connectivity index (χ1n) is 6.20. The molecule has 1 aliphatic rings. The third-order valence-electron chi connectivity index (χ3n) is 2.91. The van der Waals surface area contributed by atoms with Gasteiger partial charge in [0.15, 0.2) is 0 Å². The molecule has 2 rings (SSSR count). The minimum atomic E-state index is -0.0956. The Morgan fingerprint density at radius 1 is 1.26 bits per heavy atom. The predicted octanol–water partition coefficient (Wildman–Crippen LogP) is 1.51. The van der Waals surface area contributed by atoms with Gasteiger partial charge in [0, 0.05) is 24.7 Å². The van der Waals surface area contributed by atoms with E-state index in [1.807, 2.05) is 12.1 Å². The smallest absolute Gasteiger partial charge is 0.225 e. The molecule has 0 unspecified atom stereocenters. The molecule has 0 bridgehead atoms. The molecule has 0 aromatic heterocycles. The first-order chi connectivity index (χ1) is 9.22. The van der Waals surface area contributed by atoms with Crippen molar-refractivity contribution >= 4 is 11.6 Å². The summed E-state index contributed by atoms with van der Waals surface area (Å²) in [6.45, 7) is 0.665. The van der Waals surface area contributed by atoms with Gasteiger partial charge < -0.3 is 10.6 Å². The molecule has 0 spiro atoms. The standard InChI is InChI=1S/C14H14N4O/c15-8-10-1-2-13(7-11(10)9-16)18-14(19)5-6-17-12-3-4-12/h1-2,7,12,17H,3-6H2,(H,18,19). The van der Waals surface area contributed by atoms with Crippen molar-refractivity contribution in [3.05, 3.63) is 29.3 Å². The predicted molar refractivity (Wildman–Crippen MR) is 70.1 cm³/mol. The first kappa shape index (κ1) is 13.1. The average Bonchev–Trinajstić information content (AvgIpc) is 3.22. The van der Waals surface area contributed by atoms with Crippen molar-refractivity contribution in [3.63, 3.8) is 0 Å². The Kier molecular flexibility index (Phi) is 4.12. The Labute approximate surface area is 111 Å². The number of nitrogens with zero attached hydrogens (tertiary/aromatic N) is 2. The van der Waals surface area contributed by atoms with E-state index < -0.39 is 0 Å². The van der Waals surface area contributed by atoms with Gasteiger partial charge in [-0.2, -0.15) is 10.5 Å². The molecule has 5 nitrogen and oxygen atoms in total. The zero-order valence-corrected chi connectivity index (χ0v) is 10.4. The third-order valence-corrected chi connectivity index (χ3v) is 2.91. The molecule has 1 aromatic carbocycles. The number of nitriles is 2. The molecular weight excluding hydrogens is 240 g/mol. The van der Waals surface area contributed by atoms with Crippen LogP contribution < -0.4 is 10.6 Å². The lowest BCUT2D eigenvalue weighted by atomic mass is 10.1.